The standard InChI is InChI=1S/C36H46N6O9S/c1-20-6-4-5-7-22-18-36(22,34(45)40-52(48,49)24-8-9-24)39-31(43)28-17-23(19-42(28)33(44)29(21(2)16-20)38-35(46)47)51-32-26-10-11-27-30(25(26)12-13-37-32)50-15-14-41(27)3/h5,7,10-13,20-24,28-29,38H,4,6,8-9,14-19H2,1-3H3,(H,39,43)(H,40,45)(H,46,47)/b7-5-/t20-,21-,22-,23-,28+,29+,36-/m1/s1. The molecule has 1 aromatic carbocycles. The fourth-order valence-electron chi connectivity index (χ4n) is 7.93. The third-order valence-corrected chi connectivity index (χ3v) is 12.9. The molecule has 3 aliphatic heterocycles. The van der Waals surface area contributed by atoms with Crippen LogP contribution in [0.15, 0.2) is 36.5 Å². The van der Waals surface area contributed by atoms with E-state index in [0.717, 1.165) is 24.0 Å². The first-order valence-electron chi connectivity index (χ1n) is 18.0. The molecule has 52 heavy (non-hydrogen) atoms. The van der Waals surface area contributed by atoms with Gasteiger partial charge in [-0.15, -0.1) is 0 Å². The second-order valence-electron chi connectivity index (χ2n) is 15.1. The van der Waals surface area contributed by atoms with Crippen molar-refractivity contribution >= 4 is 50.3 Å². The van der Waals surface area contributed by atoms with Crippen molar-refractivity contribution in [1.82, 2.24) is 25.2 Å². The fraction of sp³-hybridized carbons (Fsp3) is 0.583. The molecule has 280 valence electrons. The molecule has 3 fully saturated rings. The summed E-state index contributed by atoms with van der Waals surface area (Å²) in [5.41, 5.74) is -0.591. The van der Waals surface area contributed by atoms with Crippen LogP contribution in [0.3, 0.4) is 0 Å². The van der Waals surface area contributed by atoms with E-state index >= 15 is 0 Å². The van der Waals surface area contributed by atoms with Crippen LogP contribution in [0.4, 0.5) is 10.5 Å². The molecular formula is C36H46N6O9S. The molecule has 2 saturated carbocycles. The Kier molecular flexibility index (Phi) is 9.46. The van der Waals surface area contributed by atoms with Gasteiger partial charge >= 0.3 is 6.09 Å². The second kappa shape index (κ2) is 13.7. The highest BCUT2D eigenvalue weighted by Crippen LogP contribution is 2.46. The molecule has 0 spiro atoms. The molecule has 5 aliphatic rings. The van der Waals surface area contributed by atoms with E-state index in [1.54, 1.807) is 6.20 Å². The average molecular weight is 739 g/mol. The third-order valence-electron chi connectivity index (χ3n) is 11.1. The molecule has 2 aromatic rings. The van der Waals surface area contributed by atoms with Crippen molar-refractivity contribution < 1.29 is 42.2 Å². The number of nitrogens with one attached hydrogen (secondary N) is 3. The van der Waals surface area contributed by atoms with Crippen LogP contribution in [0.1, 0.15) is 58.8 Å². The van der Waals surface area contributed by atoms with Gasteiger partial charge in [-0.1, -0.05) is 26.0 Å². The SMILES string of the molecule is C[C@@H]1CC/C=C\[C@@H]2C[C@@]2(C(=O)NS(=O)(=O)C2CC2)NC(=O)[C@@H]2C[C@@H](Oc3nccc4c5c(ccc34)N(C)CCO5)CN2C(=O)[C@@H](NC(=O)O)[C@H](C)C1. The Labute approximate surface area is 302 Å². The van der Waals surface area contributed by atoms with Crippen LogP contribution in [-0.2, 0) is 24.4 Å². The lowest BCUT2D eigenvalue weighted by atomic mass is 9.88. The molecular weight excluding hydrogens is 692 g/mol. The molecule has 4 N–H and O–H groups in total. The van der Waals surface area contributed by atoms with Crippen LogP contribution >= 0.6 is 0 Å². The van der Waals surface area contributed by atoms with Crippen molar-refractivity contribution in [2.24, 2.45) is 17.8 Å². The number of benzene rings is 1. The Morgan fingerprint density at radius 1 is 1.12 bits per heavy atom. The Bertz CT molecular complexity index is 1920. The minimum absolute atomic E-state index is 0.0168. The maximum Gasteiger partial charge on any atom is 0.405 e. The minimum Gasteiger partial charge on any atom is -0.489 e. The summed E-state index contributed by atoms with van der Waals surface area (Å²) >= 11 is 0. The monoisotopic (exact) mass is 738 g/mol. The number of likely N-dealkylation sites (N-methyl/N-ethyl adjacent to an activating group) is 1. The van der Waals surface area contributed by atoms with Crippen LogP contribution in [0.5, 0.6) is 11.6 Å². The first-order valence-corrected chi connectivity index (χ1v) is 19.6. The Morgan fingerprint density at radius 3 is 2.65 bits per heavy atom. The van der Waals surface area contributed by atoms with Crippen molar-refractivity contribution in [2.45, 2.75) is 87.8 Å². The van der Waals surface area contributed by atoms with Crippen molar-refractivity contribution in [3.05, 3.63) is 36.5 Å². The van der Waals surface area contributed by atoms with Gasteiger partial charge in [0.05, 0.1) is 24.0 Å². The van der Waals surface area contributed by atoms with Crippen molar-refractivity contribution in [3.8, 4) is 11.6 Å². The molecule has 0 unspecified atom stereocenters. The molecule has 16 heteroatoms. The predicted molar refractivity (Wildman–Crippen MR) is 190 cm³/mol. The number of amides is 4. The van der Waals surface area contributed by atoms with Gasteiger partial charge in [-0.2, -0.15) is 0 Å². The van der Waals surface area contributed by atoms with Gasteiger partial charge in [0.25, 0.3) is 5.91 Å². The summed E-state index contributed by atoms with van der Waals surface area (Å²) in [7, 11) is -1.91. The minimum atomic E-state index is -3.90. The number of pyridine rings is 1. The zero-order valence-electron chi connectivity index (χ0n) is 29.5. The highest BCUT2D eigenvalue weighted by Gasteiger charge is 2.62. The summed E-state index contributed by atoms with van der Waals surface area (Å²) in [6.45, 7) is 5.05. The number of aromatic nitrogens is 1. The van der Waals surface area contributed by atoms with Crippen LogP contribution in [-0.4, -0.2) is 103 Å². The van der Waals surface area contributed by atoms with Gasteiger partial charge in [0.1, 0.15) is 30.3 Å². The first kappa shape index (κ1) is 35.8. The number of sulfonamides is 1. The topological polar surface area (TPSA) is 197 Å². The average Bonchev–Trinajstić information content (AvgIpc) is 4.02. The zero-order chi connectivity index (χ0) is 36.9. The van der Waals surface area contributed by atoms with Crippen molar-refractivity contribution in [3.63, 3.8) is 0 Å². The van der Waals surface area contributed by atoms with Crippen molar-refractivity contribution in [2.75, 3.05) is 31.6 Å². The van der Waals surface area contributed by atoms with Crippen molar-refractivity contribution in [1.29, 1.82) is 0 Å². The van der Waals surface area contributed by atoms with Gasteiger partial charge in [-0.3, -0.25) is 19.1 Å². The predicted octanol–water partition coefficient (Wildman–Crippen LogP) is 2.54. The van der Waals surface area contributed by atoms with E-state index in [9.17, 15) is 32.7 Å². The quantitative estimate of drug-likeness (QED) is 0.318. The number of hydrogen-bond donors (Lipinski definition) is 4. The van der Waals surface area contributed by atoms with Gasteiger partial charge in [0.2, 0.25) is 27.7 Å². The number of ether oxygens (including phenoxy) is 2. The summed E-state index contributed by atoms with van der Waals surface area (Å²) in [6.07, 6.45) is 6.38. The van der Waals surface area contributed by atoms with Crippen LogP contribution in [0.2, 0.25) is 0 Å². The summed E-state index contributed by atoms with van der Waals surface area (Å²) in [5.74, 6) is -1.78. The molecule has 7 rings (SSSR count). The summed E-state index contributed by atoms with van der Waals surface area (Å²) in [4.78, 5) is 62.3. The Morgan fingerprint density at radius 2 is 1.90 bits per heavy atom. The number of allylic oxidation sites excluding steroid dienone is 1. The Hall–Kier alpha value is -4.60. The molecule has 0 radical (unpaired) electrons. The summed E-state index contributed by atoms with van der Waals surface area (Å²) < 4.78 is 40.3. The molecule has 7 atom stereocenters. The van der Waals surface area contributed by atoms with E-state index < -0.39 is 74.7 Å². The number of fused-ring (bicyclic) bond motifs is 5. The molecule has 4 amide bonds. The van der Waals surface area contributed by atoms with Crippen LogP contribution in [0, 0.1) is 17.8 Å². The van der Waals surface area contributed by atoms with Gasteiger partial charge in [0, 0.05) is 36.4 Å². The van der Waals surface area contributed by atoms with Crippen LogP contribution < -0.4 is 29.7 Å². The first-order chi connectivity index (χ1) is 24.8. The van der Waals surface area contributed by atoms with E-state index in [1.807, 2.05) is 51.2 Å². The number of hydrogen-bond acceptors (Lipinski definition) is 10. The Balaban J connectivity index is 1.21. The number of anilines is 1. The van der Waals surface area contributed by atoms with E-state index in [2.05, 4.69) is 25.2 Å². The molecule has 1 saturated heterocycles. The third kappa shape index (κ3) is 6.96. The molecule has 2 aliphatic carbocycles. The zero-order valence-corrected chi connectivity index (χ0v) is 30.4. The highest BCUT2D eigenvalue weighted by molar-refractivity contribution is 7.91. The van der Waals surface area contributed by atoms with Gasteiger partial charge < -0.3 is 35.0 Å². The van der Waals surface area contributed by atoms with Gasteiger partial charge in [-0.05, 0) is 68.6 Å². The van der Waals surface area contributed by atoms with E-state index in [0.29, 0.717) is 43.4 Å². The van der Waals surface area contributed by atoms with Crippen LogP contribution in [0.25, 0.3) is 10.8 Å². The van der Waals surface area contributed by atoms with E-state index in [4.69, 9.17) is 9.47 Å². The molecule has 15 nitrogen and oxygen atoms in total. The summed E-state index contributed by atoms with van der Waals surface area (Å²) in [5, 5.41) is 15.9. The number of carboxylic acid groups (broad SMARTS) is 1. The normalized spacial score (nSPS) is 31.4. The molecule has 1 aromatic heterocycles. The fourth-order valence-corrected chi connectivity index (χ4v) is 9.29. The largest absolute Gasteiger partial charge is 0.489 e. The smallest absolute Gasteiger partial charge is 0.405 e. The lowest BCUT2D eigenvalue weighted by molar-refractivity contribution is -0.142. The molecule has 0 bridgehead atoms. The molecule has 4 heterocycles. The maximum absolute atomic E-state index is 14.4. The second-order valence-corrected chi connectivity index (χ2v) is 17.0. The number of rotatable bonds is 6. The van der Waals surface area contributed by atoms with E-state index in [1.165, 1.54) is 4.90 Å². The lowest BCUT2D eigenvalue weighted by Crippen LogP contribution is -2.59. The number of carbonyl (C=O) groups is 4. The van der Waals surface area contributed by atoms with Gasteiger partial charge in [0.15, 0.2) is 5.75 Å². The van der Waals surface area contributed by atoms with E-state index in [-0.39, 0.29) is 31.2 Å². The number of nitrogens with zero attached hydrogens (tertiary/aromatic N) is 3. The lowest BCUT2D eigenvalue weighted by Gasteiger charge is -2.32. The van der Waals surface area contributed by atoms with Gasteiger partial charge in [-0.25, -0.2) is 18.2 Å². The summed E-state index contributed by atoms with van der Waals surface area (Å²) in [6, 6.07) is 3.36. The number of carbonyl (C=O) groups excluding carboxylic acids is 3. The maximum atomic E-state index is 14.4. The highest BCUT2D eigenvalue weighted by atomic mass is 32.2.